The van der Waals surface area contributed by atoms with Crippen LogP contribution in [0.15, 0.2) is 71.7 Å². The van der Waals surface area contributed by atoms with E-state index in [0.717, 1.165) is 46.5 Å². The van der Waals surface area contributed by atoms with E-state index in [1.54, 1.807) is 19.9 Å². The average molecular weight is 507 g/mol. The van der Waals surface area contributed by atoms with Crippen molar-refractivity contribution in [3.63, 3.8) is 0 Å². The number of carbonyl (C=O) groups excluding carboxylic acids is 1. The number of aryl methyl sites for hydroxylation is 1. The molecule has 1 aliphatic rings. The summed E-state index contributed by atoms with van der Waals surface area (Å²) in [6, 6.07) is 19.5. The Morgan fingerprint density at radius 3 is 2.43 bits per heavy atom. The van der Waals surface area contributed by atoms with Gasteiger partial charge in [-0.25, -0.2) is 0 Å². The van der Waals surface area contributed by atoms with Crippen molar-refractivity contribution in [2.75, 3.05) is 0 Å². The Hall–Kier alpha value is -3.58. The molecule has 1 amide bonds. The minimum absolute atomic E-state index is 0.0539. The van der Waals surface area contributed by atoms with Crippen LogP contribution in [0.5, 0.6) is 5.75 Å². The highest BCUT2D eigenvalue weighted by Crippen LogP contribution is 2.31. The van der Waals surface area contributed by atoms with Crippen LogP contribution in [0.2, 0.25) is 0 Å². The van der Waals surface area contributed by atoms with Gasteiger partial charge in [-0.05, 0) is 92.1 Å². The maximum atomic E-state index is 12.9. The van der Waals surface area contributed by atoms with E-state index in [0.29, 0.717) is 5.92 Å². The van der Waals surface area contributed by atoms with Crippen LogP contribution in [0.1, 0.15) is 55.1 Å². The van der Waals surface area contributed by atoms with Crippen molar-refractivity contribution in [3.8, 4) is 16.9 Å². The molecule has 0 spiro atoms. The first-order valence-electron chi connectivity index (χ1n) is 12.4. The molecule has 1 aliphatic carbocycles. The fourth-order valence-corrected chi connectivity index (χ4v) is 4.63. The first kappa shape index (κ1) is 26.5. The maximum Gasteiger partial charge on any atom is 0.387 e. The summed E-state index contributed by atoms with van der Waals surface area (Å²) >= 11 is 0. The fraction of sp³-hybridized carbons (Fsp3) is 0.333. The van der Waals surface area contributed by atoms with Crippen LogP contribution < -0.4 is 10.1 Å². The molecule has 0 heterocycles. The van der Waals surface area contributed by atoms with Crippen molar-refractivity contribution in [2.45, 2.75) is 58.8 Å². The van der Waals surface area contributed by atoms with E-state index in [1.807, 2.05) is 43.3 Å². The third-order valence-corrected chi connectivity index (χ3v) is 6.61. The molecule has 0 bridgehead atoms. The van der Waals surface area contributed by atoms with Crippen molar-refractivity contribution in [2.24, 2.45) is 10.9 Å². The molecule has 3 aromatic rings. The Morgan fingerprint density at radius 1 is 1.08 bits per heavy atom. The van der Waals surface area contributed by atoms with Crippen LogP contribution in [0.3, 0.4) is 0 Å². The summed E-state index contributed by atoms with van der Waals surface area (Å²) < 4.78 is 29.5. The molecule has 0 saturated heterocycles. The zero-order valence-corrected chi connectivity index (χ0v) is 21.5. The fourth-order valence-electron chi connectivity index (χ4n) is 4.63. The highest BCUT2D eigenvalue weighted by molar-refractivity contribution is 6.01. The van der Waals surface area contributed by atoms with Crippen LogP contribution in [0, 0.1) is 12.8 Å². The number of hydrogen-bond donors (Lipinski definition) is 2. The number of amides is 1. The second-order valence-electron chi connectivity index (χ2n) is 10.2. The second-order valence-corrected chi connectivity index (χ2v) is 10.2. The SMILES string of the molecule is Cc1cc(-c2ccc(C(C)(C)O)cc2)ccc1N=C1CC(C)CC1NC(=O)c1cccc(OC(F)F)c1. The minimum Gasteiger partial charge on any atom is -0.435 e. The van der Waals surface area contributed by atoms with Crippen molar-refractivity contribution in [1.82, 2.24) is 5.32 Å². The predicted octanol–water partition coefficient (Wildman–Crippen LogP) is 6.79. The summed E-state index contributed by atoms with van der Waals surface area (Å²) in [5.41, 5.74) is 5.08. The molecule has 37 heavy (non-hydrogen) atoms. The molecule has 0 aliphatic heterocycles. The summed E-state index contributed by atoms with van der Waals surface area (Å²) in [4.78, 5) is 17.8. The maximum absolute atomic E-state index is 12.9. The van der Waals surface area contributed by atoms with Crippen LogP contribution in [-0.4, -0.2) is 29.4 Å². The lowest BCUT2D eigenvalue weighted by atomic mass is 9.95. The van der Waals surface area contributed by atoms with E-state index in [2.05, 4.69) is 23.0 Å². The molecule has 194 valence electrons. The smallest absolute Gasteiger partial charge is 0.387 e. The highest BCUT2D eigenvalue weighted by Gasteiger charge is 2.30. The zero-order chi connectivity index (χ0) is 26.7. The van der Waals surface area contributed by atoms with Crippen LogP contribution in [0.4, 0.5) is 14.5 Å². The molecule has 4 rings (SSSR count). The number of aliphatic hydroxyl groups is 1. The van der Waals surface area contributed by atoms with Gasteiger partial charge in [0.2, 0.25) is 0 Å². The Balaban J connectivity index is 1.52. The Labute approximate surface area is 216 Å². The van der Waals surface area contributed by atoms with Gasteiger partial charge in [-0.15, -0.1) is 0 Å². The summed E-state index contributed by atoms with van der Waals surface area (Å²) in [6.45, 7) is 4.70. The molecule has 7 heteroatoms. The summed E-state index contributed by atoms with van der Waals surface area (Å²) in [5, 5.41) is 13.2. The molecular formula is C30H32F2N2O3. The molecule has 0 aromatic heterocycles. The van der Waals surface area contributed by atoms with Crippen LogP contribution in [0.25, 0.3) is 11.1 Å². The Kier molecular flexibility index (Phi) is 7.73. The predicted molar refractivity (Wildman–Crippen MR) is 142 cm³/mol. The van der Waals surface area contributed by atoms with Gasteiger partial charge in [0, 0.05) is 11.3 Å². The molecule has 2 unspecified atom stereocenters. The first-order chi connectivity index (χ1) is 17.5. The van der Waals surface area contributed by atoms with Crippen molar-refractivity contribution in [1.29, 1.82) is 0 Å². The molecule has 1 fully saturated rings. The standard InChI is InChI=1S/C30H32F2N2O3/c1-18-14-26(27(15-18)34-28(35)22-6-5-7-24(17-22)37-29(31)32)33-25-13-10-21(16-19(25)2)20-8-11-23(12-9-20)30(3,4)36/h5-13,16-18,27,29,36H,14-15H2,1-4H3,(H,34,35). The number of nitrogens with zero attached hydrogens (tertiary/aromatic N) is 1. The van der Waals surface area contributed by atoms with Gasteiger partial charge in [0.1, 0.15) is 5.75 Å². The van der Waals surface area contributed by atoms with Crippen LogP contribution >= 0.6 is 0 Å². The number of aliphatic imine (C=N–C) groups is 1. The van der Waals surface area contributed by atoms with E-state index in [4.69, 9.17) is 4.99 Å². The number of nitrogens with one attached hydrogen (secondary N) is 1. The third kappa shape index (κ3) is 6.60. The van der Waals surface area contributed by atoms with Gasteiger partial charge in [-0.1, -0.05) is 43.3 Å². The second kappa shape index (κ2) is 10.8. The van der Waals surface area contributed by atoms with E-state index >= 15 is 0 Å². The number of halogens is 2. The van der Waals surface area contributed by atoms with Gasteiger partial charge < -0.3 is 15.2 Å². The summed E-state index contributed by atoms with van der Waals surface area (Å²) in [5.74, 6) is -0.0544. The zero-order valence-electron chi connectivity index (χ0n) is 21.5. The molecule has 1 saturated carbocycles. The summed E-state index contributed by atoms with van der Waals surface area (Å²) in [7, 11) is 0. The van der Waals surface area contributed by atoms with Gasteiger partial charge in [0.25, 0.3) is 5.91 Å². The lowest BCUT2D eigenvalue weighted by Gasteiger charge is -2.18. The molecular weight excluding hydrogens is 474 g/mol. The largest absolute Gasteiger partial charge is 0.435 e. The third-order valence-electron chi connectivity index (χ3n) is 6.61. The summed E-state index contributed by atoms with van der Waals surface area (Å²) in [6.07, 6.45) is 1.52. The number of ether oxygens (including phenoxy) is 1. The van der Waals surface area contributed by atoms with E-state index in [-0.39, 0.29) is 23.3 Å². The number of hydrogen-bond acceptors (Lipinski definition) is 4. The lowest BCUT2D eigenvalue weighted by Crippen LogP contribution is -2.37. The number of rotatable bonds is 7. The molecule has 3 aromatic carbocycles. The molecule has 2 atom stereocenters. The number of alkyl halides is 2. The van der Waals surface area contributed by atoms with Gasteiger partial charge in [-0.3, -0.25) is 9.79 Å². The van der Waals surface area contributed by atoms with E-state index in [9.17, 15) is 18.7 Å². The molecule has 5 nitrogen and oxygen atoms in total. The van der Waals surface area contributed by atoms with E-state index < -0.39 is 12.2 Å². The van der Waals surface area contributed by atoms with Gasteiger partial charge >= 0.3 is 6.61 Å². The van der Waals surface area contributed by atoms with Gasteiger partial charge in [0.05, 0.1) is 17.3 Å². The Bertz CT molecular complexity index is 1300. The minimum atomic E-state index is -2.95. The topological polar surface area (TPSA) is 70.9 Å². The number of benzene rings is 3. The molecule has 2 N–H and O–H groups in total. The average Bonchev–Trinajstić information content (AvgIpc) is 3.18. The van der Waals surface area contributed by atoms with Crippen molar-refractivity contribution < 1.29 is 23.4 Å². The van der Waals surface area contributed by atoms with Gasteiger partial charge in [-0.2, -0.15) is 8.78 Å². The monoisotopic (exact) mass is 506 g/mol. The van der Waals surface area contributed by atoms with Crippen LogP contribution in [-0.2, 0) is 5.60 Å². The van der Waals surface area contributed by atoms with E-state index in [1.165, 1.54) is 18.2 Å². The normalized spacial score (nSPS) is 18.9. The number of carbonyl (C=O) groups is 1. The van der Waals surface area contributed by atoms with Crippen molar-refractivity contribution in [3.05, 3.63) is 83.4 Å². The first-order valence-corrected chi connectivity index (χ1v) is 12.4. The van der Waals surface area contributed by atoms with Gasteiger partial charge in [0.15, 0.2) is 0 Å². The molecule has 0 radical (unpaired) electrons. The quantitative estimate of drug-likeness (QED) is 0.371. The van der Waals surface area contributed by atoms with Crippen molar-refractivity contribution >= 4 is 17.3 Å². The highest BCUT2D eigenvalue weighted by atomic mass is 19.3. The Morgan fingerprint density at radius 2 is 1.78 bits per heavy atom. The lowest BCUT2D eigenvalue weighted by molar-refractivity contribution is -0.0498.